The molecule has 0 saturated carbocycles. The van der Waals surface area contributed by atoms with E-state index in [1.807, 2.05) is 0 Å². The van der Waals surface area contributed by atoms with Crippen molar-refractivity contribution < 1.29 is 37.8 Å². The van der Waals surface area contributed by atoms with Crippen LogP contribution in [0.1, 0.15) is 5.69 Å². The van der Waals surface area contributed by atoms with Crippen molar-refractivity contribution in [2.24, 2.45) is 7.05 Å². The largest absolute Gasteiger partial charge is 0.470 e. The Morgan fingerprint density at radius 2 is 2.00 bits per heavy atom. The van der Waals surface area contributed by atoms with Gasteiger partial charge in [0.05, 0.1) is 19.7 Å². The van der Waals surface area contributed by atoms with E-state index in [0.29, 0.717) is 0 Å². The zero-order valence-corrected chi connectivity index (χ0v) is 11.1. The summed E-state index contributed by atoms with van der Waals surface area (Å²) in [4.78, 5) is 39.0. The molecular weight excluding hydrogens is 286 g/mol. The van der Waals surface area contributed by atoms with Crippen molar-refractivity contribution in [1.82, 2.24) is 4.98 Å². The molecule has 0 aromatic carbocycles. The van der Waals surface area contributed by atoms with Gasteiger partial charge in [-0.25, -0.2) is 9.13 Å². The first-order valence-electron chi connectivity index (χ1n) is 4.67. The molecule has 0 aliphatic heterocycles. The second-order valence-electron chi connectivity index (χ2n) is 3.56. The Morgan fingerprint density at radius 3 is 2.39 bits per heavy atom. The fourth-order valence-electron chi connectivity index (χ4n) is 1.13. The molecule has 1 unspecified atom stereocenters. The minimum absolute atomic E-state index is 0.245. The highest BCUT2D eigenvalue weighted by Gasteiger charge is 2.37. The van der Waals surface area contributed by atoms with E-state index < -0.39 is 27.7 Å². The number of phosphoric ester groups is 1. The summed E-state index contributed by atoms with van der Waals surface area (Å²) >= 11 is 0. The molecule has 1 aromatic heterocycles. The van der Waals surface area contributed by atoms with Crippen LogP contribution in [0.25, 0.3) is 0 Å². The highest BCUT2D eigenvalue weighted by molar-refractivity contribution is 7.53. The van der Waals surface area contributed by atoms with Crippen LogP contribution >= 0.6 is 15.4 Å². The number of aromatic nitrogens is 2. The first-order valence-corrected chi connectivity index (χ1v) is 7.88. The third kappa shape index (κ3) is 5.32. The predicted octanol–water partition coefficient (Wildman–Crippen LogP) is -0.938. The lowest BCUT2D eigenvalue weighted by Crippen LogP contribution is -2.28. The molecule has 0 bridgehead atoms. The van der Waals surface area contributed by atoms with Crippen molar-refractivity contribution in [1.29, 1.82) is 0 Å². The van der Waals surface area contributed by atoms with E-state index in [0.717, 1.165) is 0 Å². The SMILES string of the molecule is C[n+]1ccc(CC(OP(=O)(O)O)P(=O)(O)O)nc1. The van der Waals surface area contributed by atoms with Gasteiger partial charge in [0.15, 0.2) is 11.5 Å². The van der Waals surface area contributed by atoms with Crippen LogP contribution in [0.5, 0.6) is 0 Å². The van der Waals surface area contributed by atoms with Gasteiger partial charge in [0.25, 0.3) is 6.33 Å². The minimum Gasteiger partial charge on any atom is -0.323 e. The maximum atomic E-state index is 11.1. The molecule has 0 radical (unpaired) electrons. The Morgan fingerprint density at radius 1 is 1.39 bits per heavy atom. The molecule has 1 heterocycles. The lowest BCUT2D eigenvalue weighted by Gasteiger charge is -2.17. The zero-order chi connectivity index (χ0) is 14.0. The molecule has 0 amide bonds. The Kier molecular flexibility index (Phi) is 4.74. The first-order chi connectivity index (χ1) is 8.08. The van der Waals surface area contributed by atoms with Gasteiger partial charge >= 0.3 is 15.4 Å². The fraction of sp³-hybridized carbons (Fsp3) is 0.429. The van der Waals surface area contributed by atoms with E-state index in [4.69, 9.17) is 19.6 Å². The molecule has 0 fully saturated rings. The van der Waals surface area contributed by atoms with E-state index in [-0.39, 0.29) is 5.69 Å². The van der Waals surface area contributed by atoms with Crippen LogP contribution in [0, 0.1) is 0 Å². The Balaban J connectivity index is 2.89. The molecule has 4 N–H and O–H groups in total. The summed E-state index contributed by atoms with van der Waals surface area (Å²) in [5.74, 6) is -1.93. The third-order valence-corrected chi connectivity index (χ3v) is 3.66. The normalized spacial score (nSPS) is 14.5. The van der Waals surface area contributed by atoms with Crippen molar-refractivity contribution in [3.8, 4) is 0 Å². The summed E-state index contributed by atoms with van der Waals surface area (Å²) in [6.07, 6.45) is 2.57. The van der Waals surface area contributed by atoms with E-state index in [2.05, 4.69) is 9.51 Å². The van der Waals surface area contributed by atoms with Gasteiger partial charge in [0.1, 0.15) is 0 Å². The molecule has 11 heteroatoms. The van der Waals surface area contributed by atoms with Gasteiger partial charge in [-0.3, -0.25) is 9.09 Å². The fourth-order valence-corrected chi connectivity index (χ4v) is 2.80. The molecule has 1 rings (SSSR count). The minimum atomic E-state index is -4.99. The monoisotopic (exact) mass is 299 g/mol. The summed E-state index contributed by atoms with van der Waals surface area (Å²) in [5.41, 5.74) is 0.245. The second kappa shape index (κ2) is 5.54. The van der Waals surface area contributed by atoms with E-state index in [1.165, 1.54) is 12.4 Å². The summed E-state index contributed by atoms with van der Waals surface area (Å²) in [6.45, 7) is 0. The van der Waals surface area contributed by atoms with Crippen molar-refractivity contribution in [3.63, 3.8) is 0 Å². The summed E-state index contributed by atoms with van der Waals surface area (Å²) < 4.78 is 27.4. The second-order valence-corrected chi connectivity index (χ2v) is 6.51. The van der Waals surface area contributed by atoms with Gasteiger partial charge in [-0.05, 0) is 0 Å². The van der Waals surface area contributed by atoms with Crippen LogP contribution in [-0.2, 0) is 27.1 Å². The van der Waals surface area contributed by atoms with E-state index in [9.17, 15) is 9.13 Å². The van der Waals surface area contributed by atoms with Gasteiger partial charge in [-0.15, -0.1) is 0 Å². The summed E-state index contributed by atoms with van der Waals surface area (Å²) in [5, 5.41) is 0. The summed E-state index contributed by atoms with van der Waals surface area (Å²) in [7, 11) is -8.10. The number of hydrogen-bond acceptors (Lipinski definition) is 4. The Labute approximate surface area is 102 Å². The average Bonchev–Trinajstić information content (AvgIpc) is 2.17. The standard InChI is InChI=1S/C7H12N2O7P2/c1-9-3-2-6(8-5-9)4-7(17(10,11)12)16-18(13,14)15/h2-3,5,7H,4H2,1H3,(H3-,10,11,12,13,14,15)/p+1. The van der Waals surface area contributed by atoms with Crippen molar-refractivity contribution in [2.45, 2.75) is 12.3 Å². The maximum Gasteiger partial charge on any atom is 0.470 e. The Bertz CT molecular complexity index is 493. The van der Waals surface area contributed by atoms with Crippen LogP contribution in [0.15, 0.2) is 18.6 Å². The zero-order valence-electron chi connectivity index (χ0n) is 9.32. The number of nitrogens with zero attached hydrogens (tertiary/aromatic N) is 2. The van der Waals surface area contributed by atoms with Gasteiger partial charge in [-0.1, -0.05) is 4.98 Å². The van der Waals surface area contributed by atoms with Gasteiger partial charge < -0.3 is 19.6 Å². The molecule has 0 spiro atoms. The molecule has 102 valence electrons. The van der Waals surface area contributed by atoms with Crippen molar-refractivity contribution >= 4 is 15.4 Å². The Hall–Kier alpha value is -0.660. The number of phosphoric acid groups is 1. The molecule has 1 aromatic rings. The molecule has 0 saturated heterocycles. The van der Waals surface area contributed by atoms with Gasteiger partial charge in [-0.2, -0.15) is 0 Å². The lowest BCUT2D eigenvalue weighted by atomic mass is 10.3. The summed E-state index contributed by atoms with van der Waals surface area (Å²) in [6, 6.07) is 1.46. The average molecular weight is 299 g/mol. The molecule has 18 heavy (non-hydrogen) atoms. The highest BCUT2D eigenvalue weighted by atomic mass is 31.2. The van der Waals surface area contributed by atoms with Crippen molar-refractivity contribution in [2.75, 3.05) is 0 Å². The van der Waals surface area contributed by atoms with Crippen LogP contribution < -0.4 is 4.57 Å². The van der Waals surface area contributed by atoms with Crippen LogP contribution in [0.4, 0.5) is 0 Å². The van der Waals surface area contributed by atoms with Crippen LogP contribution in [-0.4, -0.2) is 30.4 Å². The van der Waals surface area contributed by atoms with Crippen molar-refractivity contribution in [3.05, 3.63) is 24.3 Å². The third-order valence-electron chi connectivity index (χ3n) is 1.93. The molecule has 9 nitrogen and oxygen atoms in total. The molecule has 0 aliphatic rings. The van der Waals surface area contributed by atoms with Gasteiger partial charge in [0, 0.05) is 6.07 Å². The number of rotatable bonds is 5. The number of hydrogen-bond donors (Lipinski definition) is 4. The smallest absolute Gasteiger partial charge is 0.323 e. The lowest BCUT2D eigenvalue weighted by molar-refractivity contribution is -0.674. The van der Waals surface area contributed by atoms with Crippen LogP contribution in [0.3, 0.4) is 0 Å². The van der Waals surface area contributed by atoms with E-state index in [1.54, 1.807) is 17.8 Å². The topological polar surface area (TPSA) is 141 Å². The maximum absolute atomic E-state index is 11.1. The quantitative estimate of drug-likeness (QED) is 0.403. The number of aryl methyl sites for hydroxylation is 1. The predicted molar refractivity (Wildman–Crippen MR) is 58.1 cm³/mol. The van der Waals surface area contributed by atoms with Gasteiger partial charge in [0.2, 0.25) is 0 Å². The molecular formula is C7H13N2O7P2+. The molecule has 1 atom stereocenters. The van der Waals surface area contributed by atoms with E-state index >= 15 is 0 Å². The first kappa shape index (κ1) is 15.4. The van der Waals surface area contributed by atoms with Crippen LogP contribution in [0.2, 0.25) is 0 Å². The highest BCUT2D eigenvalue weighted by Crippen LogP contribution is 2.51. The molecule has 0 aliphatic carbocycles.